The molecule has 1 aromatic heterocycles. The fraction of sp³-hybridized carbons (Fsp3) is 0.474. The Labute approximate surface area is 148 Å². The van der Waals surface area contributed by atoms with Crippen molar-refractivity contribution in [3.8, 4) is 0 Å². The van der Waals surface area contributed by atoms with Gasteiger partial charge in [0.1, 0.15) is 11.6 Å². The van der Waals surface area contributed by atoms with Crippen LogP contribution in [0.15, 0.2) is 30.3 Å². The Morgan fingerprint density at radius 1 is 1.17 bits per heavy atom. The van der Waals surface area contributed by atoms with Gasteiger partial charge in [0.2, 0.25) is 5.28 Å². The monoisotopic (exact) mass is 342 g/mol. The molecule has 2 aliphatic rings. The average molecular weight is 343 g/mol. The number of aryl methyl sites for hydroxylation is 1. The van der Waals surface area contributed by atoms with E-state index < -0.39 is 0 Å². The van der Waals surface area contributed by atoms with Crippen molar-refractivity contribution in [2.75, 3.05) is 16.8 Å². The summed E-state index contributed by atoms with van der Waals surface area (Å²) in [5.41, 5.74) is 2.71. The molecule has 1 N–H and O–H groups in total. The first kappa shape index (κ1) is 15.7. The third-order valence-electron chi connectivity index (χ3n) is 5.03. The van der Waals surface area contributed by atoms with Crippen LogP contribution in [0.1, 0.15) is 43.2 Å². The lowest BCUT2D eigenvalue weighted by Gasteiger charge is -2.23. The van der Waals surface area contributed by atoms with Crippen molar-refractivity contribution >= 4 is 23.2 Å². The molecule has 2 aromatic rings. The van der Waals surface area contributed by atoms with Gasteiger partial charge in [-0.15, -0.1) is 0 Å². The highest BCUT2D eigenvalue weighted by Crippen LogP contribution is 2.35. The van der Waals surface area contributed by atoms with Crippen LogP contribution in [0.3, 0.4) is 0 Å². The fourth-order valence-electron chi connectivity index (χ4n) is 3.49. The van der Waals surface area contributed by atoms with Crippen LogP contribution in [-0.2, 0) is 0 Å². The molecule has 126 valence electrons. The molecule has 2 fully saturated rings. The normalized spacial score (nSPS) is 23.5. The summed E-state index contributed by atoms with van der Waals surface area (Å²) in [5.74, 6) is 2.31. The number of hydrogen-bond donors (Lipinski definition) is 1. The summed E-state index contributed by atoms with van der Waals surface area (Å²) in [6.45, 7) is 5.36. The summed E-state index contributed by atoms with van der Waals surface area (Å²) < 4.78 is 0. The van der Waals surface area contributed by atoms with Crippen LogP contribution < -0.4 is 10.2 Å². The number of nitrogens with zero attached hydrogens (tertiary/aromatic N) is 3. The van der Waals surface area contributed by atoms with Gasteiger partial charge >= 0.3 is 0 Å². The van der Waals surface area contributed by atoms with Crippen molar-refractivity contribution in [3.05, 3.63) is 46.7 Å². The van der Waals surface area contributed by atoms with E-state index in [1.807, 2.05) is 6.07 Å². The summed E-state index contributed by atoms with van der Waals surface area (Å²) in [6, 6.07) is 11.9. The van der Waals surface area contributed by atoms with E-state index in [9.17, 15) is 0 Å². The number of nitrogens with one attached hydrogen (secondary N) is 1. The van der Waals surface area contributed by atoms with Gasteiger partial charge in [0.05, 0.1) is 0 Å². The predicted molar refractivity (Wildman–Crippen MR) is 99.0 cm³/mol. The average Bonchev–Trinajstić information content (AvgIpc) is 3.27. The molecule has 5 heteroatoms. The van der Waals surface area contributed by atoms with Crippen molar-refractivity contribution < 1.29 is 0 Å². The molecule has 2 unspecified atom stereocenters. The lowest BCUT2D eigenvalue weighted by atomic mass is 9.96. The number of aromatic nitrogens is 2. The van der Waals surface area contributed by atoms with Crippen molar-refractivity contribution in [2.24, 2.45) is 0 Å². The highest BCUT2D eigenvalue weighted by atomic mass is 35.5. The molecule has 4 rings (SSSR count). The van der Waals surface area contributed by atoms with Crippen LogP contribution in [0, 0.1) is 6.92 Å². The van der Waals surface area contributed by atoms with E-state index in [1.165, 1.54) is 24.0 Å². The van der Waals surface area contributed by atoms with E-state index >= 15 is 0 Å². The molecule has 0 spiro atoms. The summed E-state index contributed by atoms with van der Waals surface area (Å²) in [4.78, 5) is 11.1. The third kappa shape index (κ3) is 3.34. The zero-order valence-corrected chi connectivity index (χ0v) is 14.9. The first-order valence-corrected chi connectivity index (χ1v) is 9.10. The molecule has 0 radical (unpaired) electrons. The second-order valence-corrected chi connectivity index (χ2v) is 7.48. The number of benzene rings is 1. The molecule has 1 aliphatic heterocycles. The first-order chi connectivity index (χ1) is 11.6. The summed E-state index contributed by atoms with van der Waals surface area (Å²) in [6.07, 6.45) is 3.56. The SMILES string of the molecule is Cc1ccc(C2CC(C)N(c3cc(NC4CC4)nc(Cl)n3)C2)cc1. The number of rotatable bonds is 4. The second kappa shape index (κ2) is 6.25. The zero-order chi connectivity index (χ0) is 16.7. The van der Waals surface area contributed by atoms with Gasteiger partial charge in [-0.3, -0.25) is 0 Å². The number of halogens is 1. The lowest BCUT2D eigenvalue weighted by Crippen LogP contribution is -2.28. The van der Waals surface area contributed by atoms with Crippen molar-refractivity contribution in [2.45, 2.75) is 51.1 Å². The molecular weight excluding hydrogens is 320 g/mol. The smallest absolute Gasteiger partial charge is 0.226 e. The van der Waals surface area contributed by atoms with Gasteiger partial charge in [-0.05, 0) is 50.3 Å². The molecule has 24 heavy (non-hydrogen) atoms. The Balaban J connectivity index is 1.55. The molecule has 1 aromatic carbocycles. The van der Waals surface area contributed by atoms with Crippen LogP contribution in [0.2, 0.25) is 5.28 Å². The Bertz CT molecular complexity index is 727. The summed E-state index contributed by atoms with van der Waals surface area (Å²) in [5, 5.41) is 3.74. The van der Waals surface area contributed by atoms with Crippen molar-refractivity contribution in [3.63, 3.8) is 0 Å². The summed E-state index contributed by atoms with van der Waals surface area (Å²) in [7, 11) is 0. The third-order valence-corrected chi connectivity index (χ3v) is 5.20. The Hall–Kier alpha value is -1.81. The van der Waals surface area contributed by atoms with E-state index in [0.717, 1.165) is 24.6 Å². The van der Waals surface area contributed by atoms with Crippen LogP contribution in [-0.4, -0.2) is 28.6 Å². The minimum Gasteiger partial charge on any atom is -0.367 e. The van der Waals surface area contributed by atoms with Gasteiger partial charge in [0.25, 0.3) is 0 Å². The zero-order valence-electron chi connectivity index (χ0n) is 14.2. The van der Waals surface area contributed by atoms with Crippen LogP contribution in [0.5, 0.6) is 0 Å². The van der Waals surface area contributed by atoms with Gasteiger partial charge < -0.3 is 10.2 Å². The minimum absolute atomic E-state index is 0.321. The minimum atomic E-state index is 0.321. The molecule has 0 bridgehead atoms. The maximum Gasteiger partial charge on any atom is 0.226 e. The molecule has 4 nitrogen and oxygen atoms in total. The van der Waals surface area contributed by atoms with E-state index in [2.05, 4.69) is 58.3 Å². The van der Waals surface area contributed by atoms with Gasteiger partial charge in [0.15, 0.2) is 0 Å². The van der Waals surface area contributed by atoms with Gasteiger partial charge in [0, 0.05) is 30.6 Å². The Kier molecular flexibility index (Phi) is 4.09. The molecule has 1 saturated carbocycles. The molecule has 1 saturated heterocycles. The Morgan fingerprint density at radius 2 is 1.92 bits per heavy atom. The largest absolute Gasteiger partial charge is 0.367 e. The van der Waals surface area contributed by atoms with Gasteiger partial charge in [-0.25, -0.2) is 9.97 Å². The molecule has 0 amide bonds. The molecule has 2 heterocycles. The lowest BCUT2D eigenvalue weighted by molar-refractivity contribution is 0.696. The standard InChI is InChI=1S/C19H23ClN4/c1-12-3-5-14(6-4-12)15-9-13(2)24(11-15)18-10-17(21-16-7-8-16)22-19(20)23-18/h3-6,10,13,15-16H,7-9,11H2,1-2H3,(H,21,22,23). The number of hydrogen-bond acceptors (Lipinski definition) is 4. The van der Waals surface area contributed by atoms with E-state index in [0.29, 0.717) is 23.3 Å². The van der Waals surface area contributed by atoms with E-state index in [1.54, 1.807) is 0 Å². The molecule has 2 atom stereocenters. The Morgan fingerprint density at radius 3 is 2.62 bits per heavy atom. The van der Waals surface area contributed by atoms with E-state index in [-0.39, 0.29) is 0 Å². The van der Waals surface area contributed by atoms with Crippen molar-refractivity contribution in [1.82, 2.24) is 9.97 Å². The number of anilines is 2. The molecular formula is C19H23ClN4. The second-order valence-electron chi connectivity index (χ2n) is 7.14. The predicted octanol–water partition coefficient (Wildman–Crippen LogP) is 4.40. The topological polar surface area (TPSA) is 41.0 Å². The highest BCUT2D eigenvalue weighted by Gasteiger charge is 2.31. The van der Waals surface area contributed by atoms with Crippen LogP contribution in [0.4, 0.5) is 11.6 Å². The fourth-order valence-corrected chi connectivity index (χ4v) is 3.67. The van der Waals surface area contributed by atoms with E-state index in [4.69, 9.17) is 11.6 Å². The highest BCUT2D eigenvalue weighted by molar-refractivity contribution is 6.28. The first-order valence-electron chi connectivity index (χ1n) is 8.73. The molecule has 1 aliphatic carbocycles. The maximum absolute atomic E-state index is 6.16. The maximum atomic E-state index is 6.16. The van der Waals surface area contributed by atoms with Gasteiger partial charge in [-0.2, -0.15) is 0 Å². The van der Waals surface area contributed by atoms with Crippen LogP contribution in [0.25, 0.3) is 0 Å². The summed E-state index contributed by atoms with van der Waals surface area (Å²) >= 11 is 6.16. The van der Waals surface area contributed by atoms with Gasteiger partial charge in [-0.1, -0.05) is 29.8 Å². The van der Waals surface area contributed by atoms with Crippen LogP contribution >= 0.6 is 11.6 Å². The quantitative estimate of drug-likeness (QED) is 0.836. The van der Waals surface area contributed by atoms with Crippen molar-refractivity contribution in [1.29, 1.82) is 0 Å².